The van der Waals surface area contributed by atoms with Crippen LogP contribution in [0.25, 0.3) is 0 Å². The SMILES string of the molecule is CCNC(=NCc1ccc(OC)c(OC)c1OC)NCC(O)c1ccc(C(C)(C)C)cc1.I. The second kappa shape index (κ2) is 13.5. The highest BCUT2D eigenvalue weighted by Crippen LogP contribution is 2.39. The van der Waals surface area contributed by atoms with Crippen molar-refractivity contribution in [1.29, 1.82) is 0 Å². The molecule has 0 aromatic heterocycles. The van der Waals surface area contributed by atoms with E-state index in [1.54, 1.807) is 21.3 Å². The molecule has 8 heteroatoms. The number of halogens is 1. The van der Waals surface area contributed by atoms with Crippen LogP contribution in [0.15, 0.2) is 41.4 Å². The summed E-state index contributed by atoms with van der Waals surface area (Å²) >= 11 is 0. The number of aliphatic hydroxyl groups excluding tert-OH is 1. The normalized spacial score (nSPS) is 12.4. The highest BCUT2D eigenvalue weighted by atomic mass is 127. The molecule has 0 aliphatic carbocycles. The van der Waals surface area contributed by atoms with Crippen molar-refractivity contribution < 1.29 is 19.3 Å². The molecule has 0 amide bonds. The Hall–Kier alpha value is -2.20. The van der Waals surface area contributed by atoms with Crippen molar-refractivity contribution in [2.45, 2.75) is 45.8 Å². The van der Waals surface area contributed by atoms with Gasteiger partial charge in [0.25, 0.3) is 0 Å². The predicted octanol–water partition coefficient (Wildman–Crippen LogP) is 4.42. The number of hydrogen-bond donors (Lipinski definition) is 3. The second-order valence-electron chi connectivity index (χ2n) is 8.46. The number of ether oxygens (including phenoxy) is 3. The molecule has 0 aliphatic heterocycles. The number of aliphatic imine (C=N–C) groups is 1. The third-order valence-electron chi connectivity index (χ3n) is 5.16. The summed E-state index contributed by atoms with van der Waals surface area (Å²) in [7, 11) is 4.76. The Bertz CT molecular complexity index is 896. The van der Waals surface area contributed by atoms with E-state index in [2.05, 4.69) is 48.5 Å². The second-order valence-corrected chi connectivity index (χ2v) is 8.46. The van der Waals surface area contributed by atoms with Gasteiger partial charge in [0, 0.05) is 18.7 Å². The van der Waals surface area contributed by atoms with Crippen LogP contribution in [-0.4, -0.2) is 45.5 Å². The van der Waals surface area contributed by atoms with Gasteiger partial charge in [-0.3, -0.25) is 0 Å². The van der Waals surface area contributed by atoms with E-state index < -0.39 is 6.10 Å². The van der Waals surface area contributed by atoms with Gasteiger partial charge < -0.3 is 30.0 Å². The fraction of sp³-hybridized carbons (Fsp3) is 0.480. The summed E-state index contributed by atoms with van der Waals surface area (Å²) in [6, 6.07) is 11.8. The number of guanidine groups is 1. The molecule has 0 spiro atoms. The maximum Gasteiger partial charge on any atom is 0.203 e. The quantitative estimate of drug-likeness (QED) is 0.235. The van der Waals surface area contributed by atoms with E-state index in [1.165, 1.54) is 5.56 Å². The van der Waals surface area contributed by atoms with Crippen LogP contribution in [-0.2, 0) is 12.0 Å². The molecule has 2 aromatic rings. The highest BCUT2D eigenvalue weighted by Gasteiger charge is 2.17. The highest BCUT2D eigenvalue weighted by molar-refractivity contribution is 14.0. The Morgan fingerprint density at radius 2 is 1.58 bits per heavy atom. The lowest BCUT2D eigenvalue weighted by Gasteiger charge is -2.20. The summed E-state index contributed by atoms with van der Waals surface area (Å²) in [5.74, 6) is 2.33. The smallest absolute Gasteiger partial charge is 0.203 e. The van der Waals surface area contributed by atoms with Crippen LogP contribution in [0.4, 0.5) is 0 Å². The van der Waals surface area contributed by atoms with Crippen molar-refractivity contribution in [3.05, 3.63) is 53.1 Å². The van der Waals surface area contributed by atoms with Crippen molar-refractivity contribution >= 4 is 29.9 Å². The molecule has 0 fully saturated rings. The number of benzene rings is 2. The fourth-order valence-corrected chi connectivity index (χ4v) is 3.31. The van der Waals surface area contributed by atoms with Gasteiger partial charge in [-0.2, -0.15) is 0 Å². The zero-order valence-electron chi connectivity index (χ0n) is 20.7. The summed E-state index contributed by atoms with van der Waals surface area (Å²) in [4.78, 5) is 4.64. The van der Waals surface area contributed by atoms with E-state index in [4.69, 9.17) is 14.2 Å². The van der Waals surface area contributed by atoms with Crippen molar-refractivity contribution in [2.75, 3.05) is 34.4 Å². The Balaban J connectivity index is 0.00000544. The maximum atomic E-state index is 10.6. The largest absolute Gasteiger partial charge is 0.493 e. The van der Waals surface area contributed by atoms with Crippen molar-refractivity contribution in [3.8, 4) is 17.2 Å². The van der Waals surface area contributed by atoms with Gasteiger partial charge in [-0.1, -0.05) is 45.0 Å². The molecule has 0 radical (unpaired) electrons. The average Bonchev–Trinajstić information content (AvgIpc) is 2.79. The zero-order valence-corrected chi connectivity index (χ0v) is 23.0. The van der Waals surface area contributed by atoms with Crippen molar-refractivity contribution in [2.24, 2.45) is 4.99 Å². The summed E-state index contributed by atoms with van der Waals surface area (Å²) in [6.45, 7) is 9.92. The third-order valence-corrected chi connectivity index (χ3v) is 5.16. The first-order chi connectivity index (χ1) is 15.2. The van der Waals surface area contributed by atoms with Gasteiger partial charge in [0.1, 0.15) is 0 Å². The van der Waals surface area contributed by atoms with E-state index >= 15 is 0 Å². The summed E-state index contributed by atoms with van der Waals surface area (Å²) in [6.07, 6.45) is -0.650. The molecule has 0 bridgehead atoms. The number of methoxy groups -OCH3 is 3. The molecule has 2 aromatic carbocycles. The maximum absolute atomic E-state index is 10.6. The van der Waals surface area contributed by atoms with E-state index in [-0.39, 0.29) is 29.4 Å². The fourth-order valence-electron chi connectivity index (χ4n) is 3.31. The Morgan fingerprint density at radius 1 is 0.939 bits per heavy atom. The van der Waals surface area contributed by atoms with Gasteiger partial charge in [0.05, 0.1) is 34.0 Å². The van der Waals surface area contributed by atoms with Crippen molar-refractivity contribution in [3.63, 3.8) is 0 Å². The molecular formula is C25H38IN3O4. The lowest BCUT2D eigenvalue weighted by Crippen LogP contribution is -2.39. The minimum Gasteiger partial charge on any atom is -0.493 e. The molecule has 0 saturated heterocycles. The van der Waals surface area contributed by atoms with E-state index in [0.29, 0.717) is 42.8 Å². The topological polar surface area (TPSA) is 84.3 Å². The van der Waals surface area contributed by atoms with Gasteiger partial charge in [-0.25, -0.2) is 4.99 Å². The number of aliphatic hydroxyl groups is 1. The Morgan fingerprint density at radius 3 is 2.09 bits per heavy atom. The first-order valence-corrected chi connectivity index (χ1v) is 10.8. The molecular weight excluding hydrogens is 533 g/mol. The van der Waals surface area contributed by atoms with Crippen LogP contribution in [0.2, 0.25) is 0 Å². The van der Waals surface area contributed by atoms with Gasteiger partial charge in [0.15, 0.2) is 17.5 Å². The van der Waals surface area contributed by atoms with Crippen LogP contribution >= 0.6 is 24.0 Å². The molecule has 0 aliphatic rings. The number of nitrogens with zero attached hydrogens (tertiary/aromatic N) is 1. The molecule has 0 heterocycles. The van der Waals surface area contributed by atoms with Crippen LogP contribution in [0.3, 0.4) is 0 Å². The lowest BCUT2D eigenvalue weighted by molar-refractivity contribution is 0.181. The van der Waals surface area contributed by atoms with Crippen LogP contribution < -0.4 is 24.8 Å². The lowest BCUT2D eigenvalue weighted by atomic mass is 9.86. The molecule has 1 unspecified atom stereocenters. The third kappa shape index (κ3) is 7.96. The van der Waals surface area contributed by atoms with Gasteiger partial charge in [-0.15, -0.1) is 24.0 Å². The first-order valence-electron chi connectivity index (χ1n) is 10.8. The average molecular weight is 572 g/mol. The minimum atomic E-state index is -0.650. The zero-order chi connectivity index (χ0) is 23.7. The van der Waals surface area contributed by atoms with Gasteiger partial charge in [0.2, 0.25) is 5.75 Å². The molecule has 184 valence electrons. The molecule has 3 N–H and O–H groups in total. The van der Waals surface area contributed by atoms with E-state index in [0.717, 1.165) is 11.1 Å². The monoisotopic (exact) mass is 571 g/mol. The number of nitrogens with one attached hydrogen (secondary N) is 2. The van der Waals surface area contributed by atoms with E-state index in [9.17, 15) is 5.11 Å². The number of rotatable bonds is 9. The van der Waals surface area contributed by atoms with Crippen molar-refractivity contribution in [1.82, 2.24) is 10.6 Å². The van der Waals surface area contributed by atoms with Crippen LogP contribution in [0, 0.1) is 0 Å². The molecule has 7 nitrogen and oxygen atoms in total. The van der Waals surface area contributed by atoms with Crippen LogP contribution in [0.1, 0.15) is 50.5 Å². The summed E-state index contributed by atoms with van der Waals surface area (Å²) in [5, 5.41) is 17.1. The number of hydrogen-bond acceptors (Lipinski definition) is 5. The van der Waals surface area contributed by atoms with E-state index in [1.807, 2.05) is 31.2 Å². The minimum absolute atomic E-state index is 0. The summed E-state index contributed by atoms with van der Waals surface area (Å²) in [5.41, 5.74) is 3.04. The Kier molecular flexibility index (Phi) is 11.8. The molecule has 33 heavy (non-hydrogen) atoms. The van der Waals surface area contributed by atoms with Gasteiger partial charge in [-0.05, 0) is 35.6 Å². The molecule has 0 saturated carbocycles. The molecule has 2 rings (SSSR count). The standard InChI is InChI=1S/C25H37N3O4.HI/c1-8-26-24(27-15-18-11-14-21(30-5)23(32-7)22(18)31-6)28-16-20(29)17-9-12-19(13-10-17)25(2,3)4;/h9-14,20,29H,8,15-16H2,1-7H3,(H2,26,27,28);1H. The summed E-state index contributed by atoms with van der Waals surface area (Å²) < 4.78 is 16.3. The molecule has 1 atom stereocenters. The Labute approximate surface area is 215 Å². The van der Waals surface area contributed by atoms with Gasteiger partial charge >= 0.3 is 0 Å². The first kappa shape index (κ1) is 28.8. The predicted molar refractivity (Wildman–Crippen MR) is 144 cm³/mol. The van der Waals surface area contributed by atoms with Crippen LogP contribution in [0.5, 0.6) is 17.2 Å².